The van der Waals surface area contributed by atoms with Crippen LogP contribution in [0.3, 0.4) is 0 Å². The van der Waals surface area contributed by atoms with Crippen LogP contribution in [0.4, 0.5) is 10.1 Å². The highest BCUT2D eigenvalue weighted by atomic mass is 19.1. The summed E-state index contributed by atoms with van der Waals surface area (Å²) >= 11 is 0. The summed E-state index contributed by atoms with van der Waals surface area (Å²) in [5.74, 6) is -0.616. The minimum Gasteiger partial charge on any atom is -0.381 e. The van der Waals surface area contributed by atoms with E-state index in [1.807, 2.05) is 49.4 Å². The number of hydrogen-bond acceptors (Lipinski definition) is 2. The summed E-state index contributed by atoms with van der Waals surface area (Å²) in [5.41, 5.74) is 3.57. The topological polar surface area (TPSA) is 41.1 Å². The van der Waals surface area contributed by atoms with E-state index in [2.05, 4.69) is 22.8 Å². The van der Waals surface area contributed by atoms with Gasteiger partial charge < -0.3 is 10.6 Å². The first kappa shape index (κ1) is 19.4. The van der Waals surface area contributed by atoms with Crippen LogP contribution < -0.4 is 10.6 Å². The average molecular weight is 374 g/mol. The van der Waals surface area contributed by atoms with Crippen molar-refractivity contribution in [2.45, 2.75) is 19.5 Å². The SMILES string of the molecule is C[C@H](NC(=O)/C=C/c1ccccc1F)c1cccc(NCc2ccccc2)c1. The number of anilines is 1. The predicted octanol–water partition coefficient (Wildman–Crippen LogP) is 5.33. The van der Waals surface area contributed by atoms with E-state index >= 15 is 0 Å². The van der Waals surface area contributed by atoms with Gasteiger partial charge in [0.25, 0.3) is 0 Å². The summed E-state index contributed by atoms with van der Waals surface area (Å²) in [6.45, 7) is 2.65. The normalized spacial score (nSPS) is 11.9. The van der Waals surface area contributed by atoms with Gasteiger partial charge in [0.2, 0.25) is 5.91 Å². The maximum absolute atomic E-state index is 13.6. The zero-order chi connectivity index (χ0) is 19.8. The first-order chi connectivity index (χ1) is 13.6. The fourth-order valence-electron chi connectivity index (χ4n) is 2.84. The zero-order valence-electron chi connectivity index (χ0n) is 15.7. The molecule has 3 aromatic rings. The Morgan fingerprint density at radius 3 is 2.54 bits per heavy atom. The summed E-state index contributed by atoms with van der Waals surface area (Å²) in [5, 5.41) is 6.30. The summed E-state index contributed by atoms with van der Waals surface area (Å²) < 4.78 is 13.6. The third-order valence-electron chi connectivity index (χ3n) is 4.40. The van der Waals surface area contributed by atoms with E-state index in [4.69, 9.17) is 0 Å². The van der Waals surface area contributed by atoms with Gasteiger partial charge in [-0.1, -0.05) is 60.7 Å². The largest absolute Gasteiger partial charge is 0.381 e. The quantitative estimate of drug-likeness (QED) is 0.549. The lowest BCUT2D eigenvalue weighted by molar-refractivity contribution is -0.117. The van der Waals surface area contributed by atoms with Crippen LogP contribution in [-0.2, 0) is 11.3 Å². The van der Waals surface area contributed by atoms with Crippen molar-refractivity contribution >= 4 is 17.7 Å². The Bertz CT molecular complexity index is 954. The molecule has 0 radical (unpaired) electrons. The van der Waals surface area contributed by atoms with Gasteiger partial charge in [0.1, 0.15) is 5.82 Å². The maximum atomic E-state index is 13.6. The smallest absolute Gasteiger partial charge is 0.244 e. The molecule has 3 aromatic carbocycles. The first-order valence-corrected chi connectivity index (χ1v) is 9.22. The molecule has 3 nitrogen and oxygen atoms in total. The van der Waals surface area contributed by atoms with Crippen LogP contribution in [0, 0.1) is 5.82 Å². The van der Waals surface area contributed by atoms with Gasteiger partial charge in [-0.3, -0.25) is 4.79 Å². The monoisotopic (exact) mass is 374 g/mol. The lowest BCUT2D eigenvalue weighted by Gasteiger charge is -2.15. The molecule has 142 valence electrons. The second kappa shape index (κ2) is 9.51. The second-order valence-corrected chi connectivity index (χ2v) is 6.55. The number of carbonyl (C=O) groups excluding carboxylic acids is 1. The zero-order valence-corrected chi connectivity index (χ0v) is 15.7. The van der Waals surface area contributed by atoms with Crippen molar-refractivity contribution in [3.63, 3.8) is 0 Å². The number of benzene rings is 3. The molecule has 4 heteroatoms. The van der Waals surface area contributed by atoms with Gasteiger partial charge in [0.15, 0.2) is 0 Å². The van der Waals surface area contributed by atoms with Crippen LogP contribution in [0.1, 0.15) is 29.7 Å². The summed E-state index contributed by atoms with van der Waals surface area (Å²) in [7, 11) is 0. The molecule has 0 aliphatic rings. The molecule has 28 heavy (non-hydrogen) atoms. The summed E-state index contributed by atoms with van der Waals surface area (Å²) in [6.07, 6.45) is 2.83. The highest BCUT2D eigenvalue weighted by Crippen LogP contribution is 2.18. The highest BCUT2D eigenvalue weighted by molar-refractivity contribution is 5.92. The van der Waals surface area contributed by atoms with Crippen LogP contribution in [0.5, 0.6) is 0 Å². The van der Waals surface area contributed by atoms with Crippen LogP contribution in [0.15, 0.2) is 84.9 Å². The number of nitrogens with one attached hydrogen (secondary N) is 2. The van der Waals surface area contributed by atoms with Crippen molar-refractivity contribution in [3.05, 3.63) is 107 Å². The number of halogens is 1. The van der Waals surface area contributed by atoms with Gasteiger partial charge in [-0.15, -0.1) is 0 Å². The fourth-order valence-corrected chi connectivity index (χ4v) is 2.84. The molecule has 0 spiro atoms. The number of hydrogen-bond donors (Lipinski definition) is 2. The van der Waals surface area contributed by atoms with E-state index in [0.717, 1.165) is 17.8 Å². The Balaban J connectivity index is 1.58. The molecule has 0 saturated carbocycles. The van der Waals surface area contributed by atoms with Crippen molar-refractivity contribution in [3.8, 4) is 0 Å². The van der Waals surface area contributed by atoms with Crippen LogP contribution in [0.25, 0.3) is 6.08 Å². The van der Waals surface area contributed by atoms with Crippen LogP contribution in [0.2, 0.25) is 0 Å². The molecule has 2 N–H and O–H groups in total. The van der Waals surface area contributed by atoms with Gasteiger partial charge in [0, 0.05) is 23.9 Å². The van der Waals surface area contributed by atoms with Crippen molar-refractivity contribution in [2.24, 2.45) is 0 Å². The van der Waals surface area contributed by atoms with E-state index in [1.165, 1.54) is 23.8 Å². The molecule has 0 heterocycles. The third-order valence-corrected chi connectivity index (χ3v) is 4.40. The molecule has 0 saturated heterocycles. The van der Waals surface area contributed by atoms with E-state index in [0.29, 0.717) is 5.56 Å². The van der Waals surface area contributed by atoms with E-state index in [1.54, 1.807) is 18.2 Å². The average Bonchev–Trinajstić information content (AvgIpc) is 2.72. The fraction of sp³-hybridized carbons (Fsp3) is 0.125. The van der Waals surface area contributed by atoms with Crippen molar-refractivity contribution in [1.82, 2.24) is 5.32 Å². The number of carbonyl (C=O) groups is 1. The Morgan fingerprint density at radius 2 is 1.75 bits per heavy atom. The third kappa shape index (κ3) is 5.55. The Labute approximate surface area is 164 Å². The standard InChI is InChI=1S/C24H23FN2O/c1-18(27-24(28)15-14-20-10-5-6-13-23(20)25)21-11-7-12-22(16-21)26-17-19-8-3-2-4-9-19/h2-16,18,26H,17H2,1H3,(H,27,28)/b15-14+/t18-/m0/s1. The lowest BCUT2D eigenvalue weighted by Crippen LogP contribution is -2.24. The Hall–Kier alpha value is -3.40. The molecular weight excluding hydrogens is 351 g/mol. The molecule has 0 bridgehead atoms. The number of amides is 1. The molecule has 1 amide bonds. The predicted molar refractivity (Wildman–Crippen MR) is 112 cm³/mol. The highest BCUT2D eigenvalue weighted by Gasteiger charge is 2.08. The van der Waals surface area contributed by atoms with Gasteiger partial charge in [-0.2, -0.15) is 0 Å². The van der Waals surface area contributed by atoms with Gasteiger partial charge in [0.05, 0.1) is 6.04 Å². The van der Waals surface area contributed by atoms with E-state index in [-0.39, 0.29) is 17.8 Å². The Morgan fingerprint density at radius 1 is 1.00 bits per heavy atom. The minimum atomic E-state index is -0.350. The maximum Gasteiger partial charge on any atom is 0.244 e. The van der Waals surface area contributed by atoms with Crippen molar-refractivity contribution < 1.29 is 9.18 Å². The first-order valence-electron chi connectivity index (χ1n) is 9.22. The second-order valence-electron chi connectivity index (χ2n) is 6.55. The van der Waals surface area contributed by atoms with Crippen molar-refractivity contribution in [2.75, 3.05) is 5.32 Å². The molecule has 0 aromatic heterocycles. The van der Waals surface area contributed by atoms with Crippen LogP contribution in [-0.4, -0.2) is 5.91 Å². The molecule has 1 atom stereocenters. The van der Waals surface area contributed by atoms with Crippen LogP contribution >= 0.6 is 0 Å². The molecule has 0 unspecified atom stereocenters. The van der Waals surface area contributed by atoms with Gasteiger partial charge in [-0.25, -0.2) is 4.39 Å². The minimum absolute atomic E-state index is 0.170. The number of rotatable bonds is 7. The summed E-state index contributed by atoms with van der Waals surface area (Å²) in [4.78, 5) is 12.2. The molecule has 3 rings (SSSR count). The summed E-state index contributed by atoms with van der Waals surface area (Å²) in [6, 6.07) is 24.3. The van der Waals surface area contributed by atoms with Gasteiger partial charge >= 0.3 is 0 Å². The lowest BCUT2D eigenvalue weighted by atomic mass is 10.1. The molecule has 0 fully saturated rings. The molecular formula is C24H23FN2O. The van der Waals surface area contributed by atoms with E-state index < -0.39 is 0 Å². The van der Waals surface area contributed by atoms with Gasteiger partial charge in [-0.05, 0) is 42.3 Å². The van der Waals surface area contributed by atoms with E-state index in [9.17, 15) is 9.18 Å². The molecule has 0 aliphatic heterocycles. The Kier molecular flexibility index (Phi) is 6.58. The molecule has 0 aliphatic carbocycles. The van der Waals surface area contributed by atoms with Crippen molar-refractivity contribution in [1.29, 1.82) is 0 Å².